The Hall–Kier alpha value is -2.57. The highest BCUT2D eigenvalue weighted by molar-refractivity contribution is 6.35. The first-order valence-corrected chi connectivity index (χ1v) is 8.99. The predicted octanol–water partition coefficient (Wildman–Crippen LogP) is 5.18. The molecular formula is C19H17Cl2N3O3. The van der Waals surface area contributed by atoms with Crippen molar-refractivity contribution in [3.05, 3.63) is 58.1 Å². The van der Waals surface area contributed by atoms with E-state index in [1.165, 1.54) is 5.56 Å². The molecule has 27 heavy (non-hydrogen) atoms. The minimum atomic E-state index is -0.415. The first kappa shape index (κ1) is 19.2. The molecule has 0 bridgehead atoms. The second-order valence-electron chi connectivity index (χ2n) is 6.13. The lowest BCUT2D eigenvalue weighted by Crippen LogP contribution is -2.20. The third-order valence-electron chi connectivity index (χ3n) is 3.70. The van der Waals surface area contributed by atoms with Crippen LogP contribution in [0.25, 0.3) is 11.5 Å². The van der Waals surface area contributed by atoms with Gasteiger partial charge in [0.15, 0.2) is 6.61 Å². The maximum Gasteiger partial charge on any atom is 0.322 e. The zero-order valence-electron chi connectivity index (χ0n) is 14.7. The van der Waals surface area contributed by atoms with Crippen LogP contribution in [-0.2, 0) is 4.79 Å². The smallest absolute Gasteiger partial charge is 0.322 e. The number of anilines is 1. The number of hydrogen-bond acceptors (Lipinski definition) is 5. The summed E-state index contributed by atoms with van der Waals surface area (Å²) in [5.74, 6) is 0.819. The maximum atomic E-state index is 12.0. The van der Waals surface area contributed by atoms with Gasteiger partial charge in [-0.3, -0.25) is 10.1 Å². The molecule has 140 valence electrons. The van der Waals surface area contributed by atoms with Crippen LogP contribution >= 0.6 is 23.2 Å². The summed E-state index contributed by atoms with van der Waals surface area (Å²) < 4.78 is 10.9. The van der Waals surface area contributed by atoms with E-state index in [1.54, 1.807) is 18.2 Å². The van der Waals surface area contributed by atoms with Gasteiger partial charge in [-0.1, -0.05) is 54.3 Å². The Morgan fingerprint density at radius 3 is 2.41 bits per heavy atom. The predicted molar refractivity (Wildman–Crippen MR) is 104 cm³/mol. The Kier molecular flexibility index (Phi) is 5.98. The van der Waals surface area contributed by atoms with Gasteiger partial charge >= 0.3 is 6.01 Å². The summed E-state index contributed by atoms with van der Waals surface area (Å²) in [4.78, 5) is 12.0. The summed E-state index contributed by atoms with van der Waals surface area (Å²) in [6, 6.07) is 12.4. The van der Waals surface area contributed by atoms with Crippen LogP contribution in [0.3, 0.4) is 0 Å². The van der Waals surface area contributed by atoms with Crippen molar-refractivity contribution in [1.82, 2.24) is 10.2 Å². The van der Waals surface area contributed by atoms with E-state index < -0.39 is 5.91 Å². The molecule has 0 radical (unpaired) electrons. The van der Waals surface area contributed by atoms with Crippen LogP contribution in [0.2, 0.25) is 10.0 Å². The monoisotopic (exact) mass is 405 g/mol. The Morgan fingerprint density at radius 1 is 1.11 bits per heavy atom. The summed E-state index contributed by atoms with van der Waals surface area (Å²) in [5.41, 5.74) is 1.76. The van der Waals surface area contributed by atoms with E-state index in [0.29, 0.717) is 27.3 Å². The number of aromatic nitrogens is 2. The Bertz CT molecular complexity index is 919. The number of nitrogens with zero attached hydrogens (tertiary/aromatic N) is 2. The van der Waals surface area contributed by atoms with E-state index in [2.05, 4.69) is 29.4 Å². The van der Waals surface area contributed by atoms with Crippen LogP contribution in [0.4, 0.5) is 6.01 Å². The Morgan fingerprint density at radius 2 is 1.78 bits per heavy atom. The number of carbonyl (C=O) groups excluding carboxylic acids is 1. The molecule has 0 aliphatic heterocycles. The number of rotatable bonds is 6. The minimum Gasteiger partial charge on any atom is -0.484 e. The zero-order chi connectivity index (χ0) is 19.4. The molecule has 0 aliphatic carbocycles. The molecule has 1 heterocycles. The van der Waals surface area contributed by atoms with Crippen molar-refractivity contribution in [2.24, 2.45) is 0 Å². The van der Waals surface area contributed by atoms with Crippen LogP contribution in [0, 0.1) is 0 Å². The topological polar surface area (TPSA) is 77.2 Å². The van der Waals surface area contributed by atoms with Gasteiger partial charge in [-0.15, -0.1) is 5.10 Å². The van der Waals surface area contributed by atoms with E-state index in [-0.39, 0.29) is 18.5 Å². The van der Waals surface area contributed by atoms with Crippen LogP contribution in [0.5, 0.6) is 5.75 Å². The highest BCUT2D eigenvalue weighted by atomic mass is 35.5. The quantitative estimate of drug-likeness (QED) is 0.610. The molecule has 1 N–H and O–H groups in total. The molecule has 0 spiro atoms. The third kappa shape index (κ3) is 5.21. The molecule has 0 aliphatic rings. The summed E-state index contributed by atoms with van der Waals surface area (Å²) in [7, 11) is 0. The van der Waals surface area contributed by atoms with Gasteiger partial charge in [0.2, 0.25) is 5.89 Å². The van der Waals surface area contributed by atoms with E-state index >= 15 is 0 Å². The lowest BCUT2D eigenvalue weighted by molar-refractivity contribution is -0.118. The Balaban J connectivity index is 1.57. The standard InChI is InChI=1S/C19H17Cl2N3O3/c1-11(2)12-3-5-16(6-4-12)26-10-17(25)22-19-24-23-18(27-19)13-7-14(20)9-15(21)8-13/h3-9,11H,10H2,1-2H3,(H,22,24,25). The summed E-state index contributed by atoms with van der Waals surface area (Å²) in [6.07, 6.45) is 0. The maximum absolute atomic E-state index is 12.0. The van der Waals surface area contributed by atoms with E-state index in [1.807, 2.05) is 24.3 Å². The molecular weight excluding hydrogens is 389 g/mol. The molecule has 2 aromatic carbocycles. The van der Waals surface area contributed by atoms with Crippen LogP contribution in [-0.4, -0.2) is 22.7 Å². The minimum absolute atomic E-state index is 0.0372. The van der Waals surface area contributed by atoms with E-state index in [9.17, 15) is 4.79 Å². The van der Waals surface area contributed by atoms with Crippen LogP contribution in [0.1, 0.15) is 25.3 Å². The molecule has 6 nitrogen and oxygen atoms in total. The number of ether oxygens (including phenoxy) is 1. The first-order chi connectivity index (χ1) is 12.9. The molecule has 0 saturated heterocycles. The molecule has 0 atom stereocenters. The van der Waals surface area contributed by atoms with Gasteiger partial charge in [-0.2, -0.15) is 0 Å². The fourth-order valence-corrected chi connectivity index (χ4v) is 2.85. The van der Waals surface area contributed by atoms with Gasteiger partial charge in [-0.05, 0) is 41.8 Å². The van der Waals surface area contributed by atoms with Crippen molar-refractivity contribution >= 4 is 35.1 Å². The molecule has 3 aromatic rings. The lowest BCUT2D eigenvalue weighted by atomic mass is 10.0. The molecule has 0 unspecified atom stereocenters. The largest absolute Gasteiger partial charge is 0.484 e. The van der Waals surface area contributed by atoms with E-state index in [0.717, 1.165) is 0 Å². The molecule has 1 aromatic heterocycles. The van der Waals surface area contributed by atoms with Crippen molar-refractivity contribution in [2.45, 2.75) is 19.8 Å². The SMILES string of the molecule is CC(C)c1ccc(OCC(=O)Nc2nnc(-c3cc(Cl)cc(Cl)c3)o2)cc1. The molecule has 8 heteroatoms. The fraction of sp³-hybridized carbons (Fsp3) is 0.211. The van der Waals surface area contributed by atoms with E-state index in [4.69, 9.17) is 32.4 Å². The van der Waals surface area contributed by atoms with Crippen molar-refractivity contribution in [2.75, 3.05) is 11.9 Å². The zero-order valence-corrected chi connectivity index (χ0v) is 16.2. The molecule has 1 amide bonds. The first-order valence-electron chi connectivity index (χ1n) is 8.23. The highest BCUT2D eigenvalue weighted by Gasteiger charge is 2.13. The normalized spacial score (nSPS) is 10.9. The fourth-order valence-electron chi connectivity index (χ4n) is 2.32. The summed E-state index contributed by atoms with van der Waals surface area (Å²) in [6.45, 7) is 4.04. The number of carbonyl (C=O) groups is 1. The molecule has 0 fully saturated rings. The number of amides is 1. The number of hydrogen-bond donors (Lipinski definition) is 1. The van der Waals surface area contributed by atoms with Gasteiger partial charge in [0.05, 0.1) is 0 Å². The van der Waals surface area contributed by atoms with Gasteiger partial charge in [0.1, 0.15) is 5.75 Å². The third-order valence-corrected chi connectivity index (χ3v) is 4.13. The number of nitrogens with one attached hydrogen (secondary N) is 1. The van der Waals surface area contributed by atoms with Gasteiger partial charge in [0, 0.05) is 15.6 Å². The number of halogens is 2. The highest BCUT2D eigenvalue weighted by Crippen LogP contribution is 2.27. The molecule has 0 saturated carbocycles. The van der Waals surface area contributed by atoms with Gasteiger partial charge in [-0.25, -0.2) is 0 Å². The van der Waals surface area contributed by atoms with Gasteiger partial charge < -0.3 is 9.15 Å². The lowest BCUT2D eigenvalue weighted by Gasteiger charge is -2.08. The van der Waals surface area contributed by atoms with Crippen molar-refractivity contribution in [3.63, 3.8) is 0 Å². The Labute approximate surface area is 166 Å². The molecule has 3 rings (SSSR count). The van der Waals surface area contributed by atoms with Crippen molar-refractivity contribution < 1.29 is 13.9 Å². The van der Waals surface area contributed by atoms with Crippen molar-refractivity contribution in [1.29, 1.82) is 0 Å². The van der Waals surface area contributed by atoms with Gasteiger partial charge in [0.25, 0.3) is 5.91 Å². The second-order valence-corrected chi connectivity index (χ2v) is 7.00. The summed E-state index contributed by atoms with van der Waals surface area (Å²) in [5, 5.41) is 11.0. The average molecular weight is 406 g/mol. The number of benzene rings is 2. The summed E-state index contributed by atoms with van der Waals surface area (Å²) >= 11 is 11.9. The average Bonchev–Trinajstić information content (AvgIpc) is 3.08. The van der Waals surface area contributed by atoms with Crippen molar-refractivity contribution in [3.8, 4) is 17.2 Å². The van der Waals surface area contributed by atoms with Crippen LogP contribution < -0.4 is 10.1 Å². The van der Waals surface area contributed by atoms with Crippen LogP contribution in [0.15, 0.2) is 46.9 Å². The second kappa shape index (κ2) is 8.41.